The summed E-state index contributed by atoms with van der Waals surface area (Å²) in [5.74, 6) is 0. The summed E-state index contributed by atoms with van der Waals surface area (Å²) in [4.78, 5) is 14.9. The molecule has 5 aromatic rings. The number of nitro benzene ring substituents is 1. The number of fused-ring (bicyclic) bond motifs is 5. The summed E-state index contributed by atoms with van der Waals surface area (Å²) in [6.45, 7) is 0. The van der Waals surface area contributed by atoms with Crippen LogP contribution < -0.4 is 0 Å². The Bertz CT molecular complexity index is 1350. The first kappa shape index (κ1) is 16.1. The molecule has 0 atom stereocenters. The SMILES string of the molecule is O=[N+]([O-])c1ccc(C=Nc2ccc3c(c2)sc2sc4ccccc4c23)cc1. The van der Waals surface area contributed by atoms with E-state index < -0.39 is 4.92 Å². The molecule has 6 heteroatoms. The molecule has 0 saturated heterocycles. The lowest BCUT2D eigenvalue weighted by molar-refractivity contribution is -0.384. The number of hydrogen-bond acceptors (Lipinski definition) is 5. The van der Waals surface area contributed by atoms with Crippen LogP contribution in [0.4, 0.5) is 11.4 Å². The zero-order valence-corrected chi connectivity index (χ0v) is 15.6. The summed E-state index contributed by atoms with van der Waals surface area (Å²) in [7, 11) is 0. The average Bonchev–Trinajstić information content (AvgIpc) is 3.21. The highest BCUT2D eigenvalue weighted by Crippen LogP contribution is 2.44. The molecule has 0 bridgehead atoms. The van der Waals surface area contributed by atoms with Gasteiger partial charge in [0.1, 0.15) is 0 Å². The quantitative estimate of drug-likeness (QED) is 0.191. The van der Waals surface area contributed by atoms with E-state index in [0.717, 1.165) is 11.3 Å². The van der Waals surface area contributed by atoms with Crippen LogP contribution in [0.5, 0.6) is 0 Å². The summed E-state index contributed by atoms with van der Waals surface area (Å²) in [5.41, 5.74) is 1.79. The Morgan fingerprint density at radius 2 is 1.63 bits per heavy atom. The Kier molecular flexibility index (Phi) is 3.74. The van der Waals surface area contributed by atoms with Crippen molar-refractivity contribution in [2.24, 2.45) is 4.99 Å². The van der Waals surface area contributed by atoms with Gasteiger partial charge in [0.15, 0.2) is 0 Å². The van der Waals surface area contributed by atoms with Crippen molar-refractivity contribution in [3.8, 4) is 0 Å². The zero-order chi connectivity index (χ0) is 18.4. The van der Waals surface area contributed by atoms with Crippen molar-refractivity contribution in [1.82, 2.24) is 0 Å². The normalized spacial score (nSPS) is 11.9. The number of rotatable bonds is 3. The van der Waals surface area contributed by atoms with Gasteiger partial charge >= 0.3 is 0 Å². The van der Waals surface area contributed by atoms with Crippen LogP contribution in [-0.4, -0.2) is 11.1 Å². The molecule has 4 nitrogen and oxygen atoms in total. The molecule has 2 aromatic heterocycles. The second-order valence-electron chi connectivity index (χ2n) is 6.15. The standard InChI is InChI=1S/C21H12N2O2S2/c24-23(25)15-8-5-13(6-9-15)12-22-14-7-10-17-19(11-14)27-21-20(17)16-3-1-2-4-18(16)26-21/h1-12H. The minimum Gasteiger partial charge on any atom is -0.258 e. The molecule has 0 aliphatic carbocycles. The molecule has 0 N–H and O–H groups in total. The third-order valence-electron chi connectivity index (χ3n) is 4.47. The molecule has 5 rings (SSSR count). The van der Waals surface area contributed by atoms with Gasteiger partial charge < -0.3 is 0 Å². The van der Waals surface area contributed by atoms with Gasteiger partial charge in [0.05, 0.1) is 14.6 Å². The van der Waals surface area contributed by atoms with E-state index in [1.165, 1.54) is 41.7 Å². The van der Waals surface area contributed by atoms with Gasteiger partial charge in [-0.05, 0) is 35.9 Å². The minimum absolute atomic E-state index is 0.0828. The van der Waals surface area contributed by atoms with Crippen LogP contribution in [0, 0.1) is 10.1 Å². The van der Waals surface area contributed by atoms with Gasteiger partial charge in [0, 0.05) is 43.9 Å². The van der Waals surface area contributed by atoms with Gasteiger partial charge in [-0.2, -0.15) is 0 Å². The third-order valence-corrected chi connectivity index (χ3v) is 6.88. The molecule has 0 saturated carbocycles. The fraction of sp³-hybridized carbons (Fsp3) is 0. The Hall–Kier alpha value is -3.09. The summed E-state index contributed by atoms with van der Waals surface area (Å²) in [6, 6.07) is 21.1. The molecular formula is C21H12N2O2S2. The van der Waals surface area contributed by atoms with Crippen LogP contribution in [0.25, 0.3) is 29.6 Å². The number of thiophene rings is 2. The second-order valence-corrected chi connectivity index (χ2v) is 8.51. The molecule has 0 radical (unpaired) electrons. The lowest BCUT2D eigenvalue weighted by Crippen LogP contribution is -1.88. The van der Waals surface area contributed by atoms with Crippen LogP contribution in [0.3, 0.4) is 0 Å². The molecule has 0 spiro atoms. The first-order valence-electron chi connectivity index (χ1n) is 8.31. The first-order valence-corrected chi connectivity index (χ1v) is 9.95. The van der Waals surface area contributed by atoms with E-state index >= 15 is 0 Å². The monoisotopic (exact) mass is 388 g/mol. The number of nitrogens with zero attached hydrogens (tertiary/aromatic N) is 2. The molecule has 0 aliphatic heterocycles. The van der Waals surface area contributed by atoms with Gasteiger partial charge in [-0.15, -0.1) is 22.7 Å². The Labute approximate surface area is 162 Å². The topological polar surface area (TPSA) is 55.5 Å². The Morgan fingerprint density at radius 1 is 0.889 bits per heavy atom. The number of non-ortho nitro benzene ring substituents is 1. The van der Waals surface area contributed by atoms with E-state index in [4.69, 9.17) is 0 Å². The first-order chi connectivity index (χ1) is 13.2. The maximum absolute atomic E-state index is 10.7. The minimum atomic E-state index is -0.402. The summed E-state index contributed by atoms with van der Waals surface area (Å²) < 4.78 is 3.88. The Balaban J connectivity index is 1.52. The zero-order valence-electron chi connectivity index (χ0n) is 14.0. The van der Waals surface area contributed by atoms with E-state index in [2.05, 4.69) is 41.4 Å². The summed E-state index contributed by atoms with van der Waals surface area (Å²) in [6.07, 6.45) is 1.73. The largest absolute Gasteiger partial charge is 0.269 e. The van der Waals surface area contributed by atoms with Crippen molar-refractivity contribution in [3.05, 3.63) is 82.4 Å². The number of benzene rings is 3. The van der Waals surface area contributed by atoms with Gasteiger partial charge in [-0.25, -0.2) is 0 Å². The highest BCUT2D eigenvalue weighted by Gasteiger charge is 2.12. The lowest BCUT2D eigenvalue weighted by Gasteiger charge is -1.97. The molecule has 3 aromatic carbocycles. The molecule has 27 heavy (non-hydrogen) atoms. The number of aliphatic imine (C=N–C) groups is 1. The predicted molar refractivity (Wildman–Crippen MR) is 115 cm³/mol. The van der Waals surface area contributed by atoms with Crippen molar-refractivity contribution < 1.29 is 4.92 Å². The number of nitro groups is 1. The smallest absolute Gasteiger partial charge is 0.258 e. The molecule has 0 fully saturated rings. The molecule has 2 heterocycles. The molecule has 0 aliphatic rings. The van der Waals surface area contributed by atoms with E-state index in [-0.39, 0.29) is 5.69 Å². The van der Waals surface area contributed by atoms with Crippen LogP contribution in [-0.2, 0) is 0 Å². The summed E-state index contributed by atoms with van der Waals surface area (Å²) >= 11 is 3.63. The average molecular weight is 388 g/mol. The highest BCUT2D eigenvalue weighted by atomic mass is 32.2. The number of hydrogen-bond donors (Lipinski definition) is 0. The maximum atomic E-state index is 10.7. The lowest BCUT2D eigenvalue weighted by atomic mass is 10.1. The van der Waals surface area contributed by atoms with E-state index in [9.17, 15) is 10.1 Å². The van der Waals surface area contributed by atoms with Gasteiger partial charge in [0.2, 0.25) is 0 Å². The van der Waals surface area contributed by atoms with E-state index in [1.807, 2.05) is 17.4 Å². The second kappa shape index (κ2) is 6.26. The molecular weight excluding hydrogens is 376 g/mol. The predicted octanol–water partition coefficient (Wildman–Crippen LogP) is 6.93. The van der Waals surface area contributed by atoms with E-state index in [0.29, 0.717) is 0 Å². The Morgan fingerprint density at radius 3 is 2.44 bits per heavy atom. The van der Waals surface area contributed by atoms with Crippen LogP contribution in [0.15, 0.2) is 71.7 Å². The fourth-order valence-electron chi connectivity index (χ4n) is 3.16. The van der Waals surface area contributed by atoms with Crippen molar-refractivity contribution in [2.45, 2.75) is 0 Å². The van der Waals surface area contributed by atoms with Crippen molar-refractivity contribution in [2.75, 3.05) is 0 Å². The third kappa shape index (κ3) is 2.79. The van der Waals surface area contributed by atoms with Gasteiger partial charge in [-0.1, -0.05) is 24.3 Å². The van der Waals surface area contributed by atoms with Gasteiger partial charge in [-0.3, -0.25) is 15.1 Å². The van der Waals surface area contributed by atoms with Crippen molar-refractivity contribution in [1.29, 1.82) is 0 Å². The van der Waals surface area contributed by atoms with Crippen molar-refractivity contribution in [3.63, 3.8) is 0 Å². The molecule has 0 amide bonds. The highest BCUT2D eigenvalue weighted by molar-refractivity contribution is 7.44. The van der Waals surface area contributed by atoms with Crippen LogP contribution in [0.2, 0.25) is 0 Å². The van der Waals surface area contributed by atoms with Crippen molar-refractivity contribution >= 4 is 69.8 Å². The fourth-order valence-corrected chi connectivity index (χ4v) is 5.80. The van der Waals surface area contributed by atoms with Gasteiger partial charge in [0.25, 0.3) is 5.69 Å². The molecule has 0 unspecified atom stereocenters. The van der Waals surface area contributed by atoms with E-state index in [1.54, 1.807) is 29.7 Å². The van der Waals surface area contributed by atoms with Crippen LogP contribution >= 0.6 is 22.7 Å². The van der Waals surface area contributed by atoms with Crippen LogP contribution in [0.1, 0.15) is 5.56 Å². The summed E-state index contributed by atoms with van der Waals surface area (Å²) in [5, 5.41) is 14.6. The molecule has 130 valence electrons. The maximum Gasteiger partial charge on any atom is 0.269 e.